The van der Waals surface area contributed by atoms with Crippen LogP contribution in [0.3, 0.4) is 0 Å². The van der Waals surface area contributed by atoms with Gasteiger partial charge in [-0.25, -0.2) is 9.69 Å². The van der Waals surface area contributed by atoms with Crippen LogP contribution < -0.4 is 10.2 Å². The lowest BCUT2D eigenvalue weighted by Crippen LogP contribution is -2.54. The number of benzene rings is 1. The molecule has 1 fully saturated rings. The maximum Gasteiger partial charge on any atom is 0.335 e. The molecule has 1 N–H and O–H groups in total. The van der Waals surface area contributed by atoms with Crippen LogP contribution in [0.2, 0.25) is 0 Å². The maximum absolute atomic E-state index is 12.7. The van der Waals surface area contributed by atoms with Gasteiger partial charge in [-0.15, -0.1) is 0 Å². The fraction of sp³-hybridized carbons (Fsp3) is 0.167. The van der Waals surface area contributed by atoms with Gasteiger partial charge in [-0.2, -0.15) is 0 Å². The Bertz CT molecular complexity index is 847. The number of imide groups is 2. The number of amides is 4. The first-order chi connectivity index (χ1) is 11.5. The van der Waals surface area contributed by atoms with Gasteiger partial charge in [0.2, 0.25) is 0 Å². The predicted molar refractivity (Wildman–Crippen MR) is 90.2 cm³/mol. The van der Waals surface area contributed by atoms with Crippen LogP contribution >= 0.6 is 0 Å². The van der Waals surface area contributed by atoms with Crippen molar-refractivity contribution in [2.24, 2.45) is 7.05 Å². The van der Waals surface area contributed by atoms with E-state index in [9.17, 15) is 14.4 Å². The van der Waals surface area contributed by atoms with Gasteiger partial charge in [-0.05, 0) is 42.3 Å². The summed E-state index contributed by atoms with van der Waals surface area (Å²) in [5.41, 5.74) is 2.15. The summed E-state index contributed by atoms with van der Waals surface area (Å²) in [5.74, 6) is -1.32. The molecule has 3 rings (SSSR count). The van der Waals surface area contributed by atoms with E-state index in [0.717, 1.165) is 16.9 Å². The molecule has 0 radical (unpaired) electrons. The van der Waals surface area contributed by atoms with Gasteiger partial charge in [-0.1, -0.05) is 19.1 Å². The van der Waals surface area contributed by atoms with E-state index in [1.165, 1.54) is 6.08 Å². The van der Waals surface area contributed by atoms with Crippen LogP contribution in [-0.2, 0) is 23.1 Å². The van der Waals surface area contributed by atoms with E-state index < -0.39 is 17.8 Å². The molecule has 1 saturated heterocycles. The normalized spacial score (nSPS) is 16.7. The predicted octanol–water partition coefficient (Wildman–Crippen LogP) is 2.25. The topological polar surface area (TPSA) is 71.4 Å². The van der Waals surface area contributed by atoms with E-state index >= 15 is 0 Å². The third-order valence-corrected chi connectivity index (χ3v) is 3.98. The highest BCUT2D eigenvalue weighted by atomic mass is 16.2. The summed E-state index contributed by atoms with van der Waals surface area (Å²) in [6.07, 6.45) is 4.15. The van der Waals surface area contributed by atoms with Crippen LogP contribution in [0.4, 0.5) is 10.5 Å². The first kappa shape index (κ1) is 15.7. The Morgan fingerprint density at radius 2 is 1.79 bits per heavy atom. The number of aryl methyl sites for hydroxylation is 2. The Kier molecular flexibility index (Phi) is 4.04. The van der Waals surface area contributed by atoms with Crippen LogP contribution in [0.25, 0.3) is 6.08 Å². The standard InChI is InChI=1S/C18H17N3O3/c1-3-12-6-8-13(9-7-12)21-17(23)15(16(22)19-18(21)24)11-14-5-4-10-20(14)2/h4-11H,3H2,1-2H3,(H,19,22,24)/b15-11-. The molecule has 6 heteroatoms. The van der Waals surface area contributed by atoms with Crippen molar-refractivity contribution in [3.8, 4) is 0 Å². The zero-order chi connectivity index (χ0) is 17.3. The van der Waals surface area contributed by atoms with Crippen molar-refractivity contribution < 1.29 is 14.4 Å². The number of aromatic nitrogens is 1. The first-order valence-electron chi connectivity index (χ1n) is 7.63. The van der Waals surface area contributed by atoms with Crippen molar-refractivity contribution in [2.45, 2.75) is 13.3 Å². The molecule has 0 saturated carbocycles. The van der Waals surface area contributed by atoms with Crippen LogP contribution in [0.1, 0.15) is 18.2 Å². The number of carbonyl (C=O) groups excluding carboxylic acids is 3. The molecule has 0 bridgehead atoms. The third-order valence-electron chi connectivity index (χ3n) is 3.98. The highest BCUT2D eigenvalue weighted by Crippen LogP contribution is 2.22. The number of anilines is 1. The average molecular weight is 323 g/mol. The van der Waals surface area contributed by atoms with Crippen LogP contribution in [-0.4, -0.2) is 22.4 Å². The Labute approximate surface area is 139 Å². The molecule has 122 valence electrons. The number of nitrogens with zero attached hydrogens (tertiary/aromatic N) is 2. The summed E-state index contributed by atoms with van der Waals surface area (Å²) < 4.78 is 1.78. The number of carbonyl (C=O) groups is 3. The highest BCUT2D eigenvalue weighted by molar-refractivity contribution is 6.39. The van der Waals surface area contributed by atoms with Gasteiger partial charge in [-0.3, -0.25) is 14.9 Å². The van der Waals surface area contributed by atoms with E-state index in [4.69, 9.17) is 0 Å². The van der Waals surface area contributed by atoms with Gasteiger partial charge < -0.3 is 4.57 Å². The Morgan fingerprint density at radius 3 is 2.38 bits per heavy atom. The average Bonchev–Trinajstić information content (AvgIpc) is 2.97. The lowest BCUT2D eigenvalue weighted by molar-refractivity contribution is -0.122. The number of hydrogen-bond donors (Lipinski definition) is 1. The van der Waals surface area contributed by atoms with Crippen LogP contribution in [0.5, 0.6) is 0 Å². The van der Waals surface area contributed by atoms with Gasteiger partial charge in [0.05, 0.1) is 5.69 Å². The summed E-state index contributed by atoms with van der Waals surface area (Å²) in [5, 5.41) is 2.22. The molecule has 1 aliphatic rings. The minimum Gasteiger partial charge on any atom is -0.351 e. The highest BCUT2D eigenvalue weighted by Gasteiger charge is 2.36. The summed E-state index contributed by atoms with van der Waals surface area (Å²) >= 11 is 0. The van der Waals surface area contributed by atoms with Crippen molar-refractivity contribution in [2.75, 3.05) is 4.90 Å². The van der Waals surface area contributed by atoms with Crippen LogP contribution in [0.15, 0.2) is 48.2 Å². The smallest absolute Gasteiger partial charge is 0.335 e. The second-order valence-corrected chi connectivity index (χ2v) is 5.52. The Morgan fingerprint density at radius 1 is 1.08 bits per heavy atom. The molecule has 0 unspecified atom stereocenters. The molecular weight excluding hydrogens is 306 g/mol. The minimum absolute atomic E-state index is 0.0732. The summed E-state index contributed by atoms with van der Waals surface area (Å²) in [4.78, 5) is 37.9. The van der Waals surface area contributed by atoms with Crippen molar-refractivity contribution >= 4 is 29.6 Å². The fourth-order valence-electron chi connectivity index (χ4n) is 2.54. The van der Waals surface area contributed by atoms with Crippen LogP contribution in [0, 0.1) is 0 Å². The van der Waals surface area contributed by atoms with Gasteiger partial charge in [0.25, 0.3) is 11.8 Å². The molecule has 0 aliphatic carbocycles. The Balaban J connectivity index is 1.99. The van der Waals surface area contributed by atoms with Crippen molar-refractivity contribution in [1.82, 2.24) is 9.88 Å². The monoisotopic (exact) mass is 323 g/mol. The van der Waals surface area contributed by atoms with Gasteiger partial charge in [0.1, 0.15) is 5.57 Å². The molecule has 0 spiro atoms. The van der Waals surface area contributed by atoms with Crippen molar-refractivity contribution in [1.29, 1.82) is 0 Å². The zero-order valence-electron chi connectivity index (χ0n) is 13.4. The largest absolute Gasteiger partial charge is 0.351 e. The molecule has 24 heavy (non-hydrogen) atoms. The van der Waals surface area contributed by atoms with Crippen molar-refractivity contribution in [3.63, 3.8) is 0 Å². The number of rotatable bonds is 3. The first-order valence-corrected chi connectivity index (χ1v) is 7.63. The minimum atomic E-state index is -0.738. The lowest BCUT2D eigenvalue weighted by Gasteiger charge is -2.26. The fourth-order valence-corrected chi connectivity index (χ4v) is 2.54. The molecule has 2 aromatic rings. The molecule has 6 nitrogen and oxygen atoms in total. The molecule has 1 aromatic heterocycles. The SMILES string of the molecule is CCc1ccc(N2C(=O)NC(=O)/C(=C/c3cccn3C)C2=O)cc1. The van der Waals surface area contributed by atoms with Gasteiger partial charge in [0.15, 0.2) is 0 Å². The van der Waals surface area contributed by atoms with E-state index in [2.05, 4.69) is 5.32 Å². The summed E-state index contributed by atoms with van der Waals surface area (Å²) in [6.45, 7) is 2.02. The Hall–Kier alpha value is -3.15. The number of hydrogen-bond acceptors (Lipinski definition) is 3. The molecule has 4 amide bonds. The number of urea groups is 1. The van der Waals surface area contributed by atoms with E-state index in [0.29, 0.717) is 11.4 Å². The van der Waals surface area contributed by atoms with Gasteiger partial charge in [0, 0.05) is 18.9 Å². The van der Waals surface area contributed by atoms with E-state index in [1.807, 2.05) is 38.4 Å². The summed E-state index contributed by atoms with van der Waals surface area (Å²) in [6, 6.07) is 9.96. The number of barbiturate groups is 1. The van der Waals surface area contributed by atoms with E-state index in [-0.39, 0.29) is 5.57 Å². The van der Waals surface area contributed by atoms with Gasteiger partial charge >= 0.3 is 6.03 Å². The van der Waals surface area contributed by atoms with Crippen molar-refractivity contribution in [3.05, 3.63) is 59.4 Å². The second kappa shape index (κ2) is 6.16. The molecule has 1 aliphatic heterocycles. The summed E-state index contributed by atoms with van der Waals surface area (Å²) in [7, 11) is 1.81. The molecule has 1 aromatic carbocycles. The molecular formula is C18H17N3O3. The maximum atomic E-state index is 12.7. The second-order valence-electron chi connectivity index (χ2n) is 5.52. The zero-order valence-corrected chi connectivity index (χ0v) is 13.4. The third kappa shape index (κ3) is 2.74. The molecule has 2 heterocycles. The lowest BCUT2D eigenvalue weighted by atomic mass is 10.1. The number of nitrogens with one attached hydrogen (secondary N) is 1. The molecule has 0 atom stereocenters. The quantitative estimate of drug-likeness (QED) is 0.695. The van der Waals surface area contributed by atoms with E-state index in [1.54, 1.807) is 22.8 Å².